The Morgan fingerprint density at radius 1 is 1.08 bits per heavy atom. The van der Waals surface area contributed by atoms with Gasteiger partial charge in [-0.05, 0) is 35.6 Å². The molecule has 0 aliphatic heterocycles. The van der Waals surface area contributed by atoms with Crippen LogP contribution in [0.2, 0.25) is 0 Å². The maximum atomic E-state index is 12.0. The molecule has 0 fully saturated rings. The van der Waals surface area contributed by atoms with E-state index in [4.69, 9.17) is 5.73 Å². The number of H-pyrrole nitrogens is 1. The number of aromatic amines is 1. The zero-order valence-corrected chi connectivity index (χ0v) is 14.3. The highest BCUT2D eigenvalue weighted by atomic mass is 32.1. The third kappa shape index (κ3) is 2.95. The van der Waals surface area contributed by atoms with E-state index in [0.717, 1.165) is 16.1 Å². The van der Waals surface area contributed by atoms with Crippen molar-refractivity contribution < 1.29 is 19.8 Å². The molecule has 0 unspecified atom stereocenters. The van der Waals surface area contributed by atoms with Crippen molar-refractivity contribution in [3.05, 3.63) is 57.5 Å². The van der Waals surface area contributed by atoms with Gasteiger partial charge in [0.1, 0.15) is 16.9 Å². The lowest BCUT2D eigenvalue weighted by Gasteiger charge is -2.12. The van der Waals surface area contributed by atoms with Gasteiger partial charge in [0.05, 0.1) is 10.6 Å². The number of carbonyl (C=O) groups is 2. The normalized spacial score (nSPS) is 10.7. The summed E-state index contributed by atoms with van der Waals surface area (Å²) in [5.41, 5.74) is 5.29. The van der Waals surface area contributed by atoms with Crippen LogP contribution in [0.5, 0.6) is 0 Å². The number of nitrogens with one attached hydrogen (secondary N) is 1. The maximum absolute atomic E-state index is 12.0. The molecule has 8 nitrogen and oxygen atoms in total. The van der Waals surface area contributed by atoms with Crippen molar-refractivity contribution in [2.45, 2.75) is 6.92 Å². The Morgan fingerprint density at radius 3 is 2.15 bits per heavy atom. The van der Waals surface area contributed by atoms with Gasteiger partial charge in [0, 0.05) is 5.56 Å². The average molecular weight is 371 g/mol. The van der Waals surface area contributed by atoms with Gasteiger partial charge in [0.15, 0.2) is 0 Å². The number of aromatic nitrogens is 2. The molecule has 3 rings (SSSR count). The van der Waals surface area contributed by atoms with Gasteiger partial charge in [0.25, 0.3) is 5.56 Å². The highest BCUT2D eigenvalue weighted by Crippen LogP contribution is 2.32. The van der Waals surface area contributed by atoms with Gasteiger partial charge in [0.2, 0.25) is 0 Å². The van der Waals surface area contributed by atoms with Crippen LogP contribution >= 0.6 is 11.5 Å². The Labute approximate surface area is 150 Å². The smallest absolute Gasteiger partial charge is 0.342 e. The minimum absolute atomic E-state index is 0.224. The fourth-order valence-corrected chi connectivity index (χ4v) is 3.40. The Bertz CT molecular complexity index is 1080. The summed E-state index contributed by atoms with van der Waals surface area (Å²) >= 11 is 1.31. The minimum Gasteiger partial charge on any atom is -0.478 e. The summed E-state index contributed by atoms with van der Waals surface area (Å²) < 4.78 is 4.20. The predicted molar refractivity (Wildman–Crippen MR) is 96.7 cm³/mol. The highest BCUT2D eigenvalue weighted by Gasteiger charge is 2.26. The second-order valence-electron chi connectivity index (χ2n) is 5.51. The van der Waals surface area contributed by atoms with Crippen LogP contribution in [0.1, 0.15) is 26.4 Å². The molecule has 0 spiro atoms. The molecule has 2 heterocycles. The van der Waals surface area contributed by atoms with E-state index in [0.29, 0.717) is 0 Å². The molecule has 5 N–H and O–H groups in total. The van der Waals surface area contributed by atoms with E-state index >= 15 is 0 Å². The number of nitrogens with zero attached hydrogens (tertiary/aromatic N) is 1. The van der Waals surface area contributed by atoms with Gasteiger partial charge < -0.3 is 20.9 Å². The molecule has 2 aromatic heterocycles. The fourth-order valence-electron chi connectivity index (χ4n) is 2.64. The second-order valence-corrected chi connectivity index (χ2v) is 6.32. The van der Waals surface area contributed by atoms with Crippen molar-refractivity contribution >= 4 is 29.3 Å². The number of hydrogen-bond acceptors (Lipinski definition) is 6. The van der Waals surface area contributed by atoms with Gasteiger partial charge in [-0.3, -0.25) is 4.79 Å². The van der Waals surface area contributed by atoms with Gasteiger partial charge in [-0.1, -0.05) is 24.3 Å². The molecular weight excluding hydrogens is 358 g/mol. The third-order valence-corrected chi connectivity index (χ3v) is 4.69. The molecule has 1 aromatic carbocycles. The van der Waals surface area contributed by atoms with Crippen molar-refractivity contribution in [1.82, 2.24) is 9.36 Å². The van der Waals surface area contributed by atoms with E-state index in [1.807, 2.05) is 13.0 Å². The predicted octanol–water partition coefficient (Wildman–Crippen LogP) is 2.45. The quantitative estimate of drug-likeness (QED) is 0.551. The number of hydrogen-bond donors (Lipinski definition) is 4. The zero-order chi connectivity index (χ0) is 19.0. The molecule has 3 aromatic rings. The largest absolute Gasteiger partial charge is 0.478 e. The third-order valence-electron chi connectivity index (χ3n) is 3.76. The van der Waals surface area contributed by atoms with Crippen LogP contribution in [0, 0.1) is 6.92 Å². The Morgan fingerprint density at radius 2 is 1.65 bits per heavy atom. The second kappa shape index (κ2) is 6.45. The number of nitrogens with two attached hydrogens (primary N) is 1. The van der Waals surface area contributed by atoms with Crippen LogP contribution in [0.25, 0.3) is 21.6 Å². The van der Waals surface area contributed by atoms with Crippen LogP contribution in [-0.2, 0) is 0 Å². The molecule has 0 aliphatic carbocycles. The lowest BCUT2D eigenvalue weighted by molar-refractivity contribution is 0.0695. The van der Waals surface area contributed by atoms with Crippen molar-refractivity contribution in [3.8, 4) is 21.6 Å². The van der Waals surface area contributed by atoms with Crippen molar-refractivity contribution in [3.63, 3.8) is 0 Å². The van der Waals surface area contributed by atoms with Crippen LogP contribution in [0.4, 0.5) is 5.82 Å². The number of anilines is 1. The van der Waals surface area contributed by atoms with Crippen LogP contribution < -0.4 is 11.3 Å². The molecule has 0 amide bonds. The minimum atomic E-state index is -1.54. The highest BCUT2D eigenvalue weighted by molar-refractivity contribution is 7.09. The Balaban J connectivity index is 2.24. The summed E-state index contributed by atoms with van der Waals surface area (Å²) in [4.78, 5) is 38.1. The van der Waals surface area contributed by atoms with E-state index in [-0.39, 0.29) is 11.1 Å². The summed E-state index contributed by atoms with van der Waals surface area (Å²) in [5.74, 6) is -3.37. The monoisotopic (exact) mass is 371 g/mol. The molecule has 132 valence electrons. The topological polar surface area (TPSA) is 146 Å². The molecule has 0 radical (unpaired) electrons. The summed E-state index contributed by atoms with van der Waals surface area (Å²) in [6, 6.07) is 8.42. The number of carboxylic acid groups (broad SMARTS) is 2. The molecule has 26 heavy (non-hydrogen) atoms. The van der Waals surface area contributed by atoms with Gasteiger partial charge >= 0.3 is 11.9 Å². The van der Waals surface area contributed by atoms with E-state index in [9.17, 15) is 24.6 Å². The first kappa shape index (κ1) is 17.4. The first-order chi connectivity index (χ1) is 12.3. The lowest BCUT2D eigenvalue weighted by atomic mass is 9.94. The Hall–Kier alpha value is -3.46. The summed E-state index contributed by atoms with van der Waals surface area (Å²) in [5, 5.41) is 18.8. The molecule has 0 bridgehead atoms. The molecule has 0 saturated heterocycles. The number of nitrogen functional groups attached to an aromatic ring is 1. The summed E-state index contributed by atoms with van der Waals surface area (Å²) in [6.45, 7) is 1.87. The molecule has 0 aliphatic rings. The lowest BCUT2D eigenvalue weighted by Crippen LogP contribution is -2.24. The fraction of sp³-hybridized carbons (Fsp3) is 0.0588. The Kier molecular flexibility index (Phi) is 4.31. The van der Waals surface area contributed by atoms with E-state index < -0.39 is 34.4 Å². The number of carboxylic acids is 2. The van der Waals surface area contributed by atoms with Crippen LogP contribution in [0.15, 0.2) is 35.1 Å². The number of aromatic carboxylic acids is 2. The van der Waals surface area contributed by atoms with Gasteiger partial charge in [-0.15, -0.1) is 0 Å². The summed E-state index contributed by atoms with van der Waals surface area (Å²) in [7, 11) is 0. The average Bonchev–Trinajstić information content (AvgIpc) is 3.00. The molecule has 0 atom stereocenters. The summed E-state index contributed by atoms with van der Waals surface area (Å²) in [6.07, 6.45) is 0. The first-order valence-electron chi connectivity index (χ1n) is 7.36. The van der Waals surface area contributed by atoms with Gasteiger partial charge in [-0.25, -0.2) is 9.59 Å². The maximum Gasteiger partial charge on any atom is 0.342 e. The van der Waals surface area contributed by atoms with Crippen molar-refractivity contribution in [2.75, 3.05) is 5.73 Å². The van der Waals surface area contributed by atoms with E-state index in [1.54, 1.807) is 24.3 Å². The molecular formula is C17H13N3O5S. The van der Waals surface area contributed by atoms with E-state index in [2.05, 4.69) is 9.36 Å². The first-order valence-corrected chi connectivity index (χ1v) is 8.13. The zero-order valence-electron chi connectivity index (χ0n) is 13.4. The number of pyridine rings is 1. The van der Waals surface area contributed by atoms with Crippen molar-refractivity contribution in [1.29, 1.82) is 0 Å². The van der Waals surface area contributed by atoms with Crippen LogP contribution in [0.3, 0.4) is 0 Å². The standard InChI is InChI=1S/C17H13N3O5S/c1-7-6-10(26-20-7)8-2-4-9(5-3-8)11-12(16(22)23)14(18)19-15(21)13(11)17(24)25/h2-6H,1H3,(H,22,23)(H,24,25)(H3,18,19,21). The molecule has 0 saturated carbocycles. The number of benzene rings is 1. The molecule has 9 heteroatoms. The van der Waals surface area contributed by atoms with Crippen LogP contribution in [-0.4, -0.2) is 31.5 Å². The van der Waals surface area contributed by atoms with Crippen molar-refractivity contribution in [2.24, 2.45) is 0 Å². The van der Waals surface area contributed by atoms with E-state index in [1.165, 1.54) is 11.5 Å². The van der Waals surface area contributed by atoms with Gasteiger partial charge in [-0.2, -0.15) is 4.37 Å². The SMILES string of the molecule is Cc1cc(-c2ccc(-c3c(C(=O)O)c(N)[nH]c(=O)c3C(=O)O)cc2)sn1. The number of rotatable bonds is 4. The number of aryl methyl sites for hydroxylation is 1.